The lowest BCUT2D eigenvalue weighted by atomic mass is 10.2. The van der Waals surface area contributed by atoms with Gasteiger partial charge in [-0.2, -0.15) is 4.31 Å². The number of H-pyrrole nitrogens is 2. The van der Waals surface area contributed by atoms with Gasteiger partial charge in [0.15, 0.2) is 0 Å². The Hall–Kier alpha value is -2.17. The van der Waals surface area contributed by atoms with Gasteiger partial charge in [-0.25, -0.2) is 13.4 Å². The van der Waals surface area contributed by atoms with E-state index in [1.54, 1.807) is 24.7 Å². The average Bonchev–Trinajstić information content (AvgIpc) is 3.41. The number of nitrogens with zero attached hydrogens (tertiary/aromatic N) is 2. The molecule has 3 N–H and O–H groups in total. The first-order chi connectivity index (χ1) is 13.5. The first kappa shape index (κ1) is 19.2. The Labute approximate surface area is 170 Å². The first-order valence-corrected chi connectivity index (χ1v) is 11.3. The molecule has 0 aliphatic carbocycles. The van der Waals surface area contributed by atoms with E-state index in [1.165, 1.54) is 4.31 Å². The number of aromatic nitrogens is 3. The Morgan fingerprint density at radius 1 is 1.29 bits per heavy atom. The maximum atomic E-state index is 13.3. The fraction of sp³-hybridized carbons (Fsp3) is 0.333. The number of carbonyl (C=O) groups is 1. The number of imidazole rings is 1. The van der Waals surface area contributed by atoms with E-state index in [9.17, 15) is 13.2 Å². The molecular weight excluding hydrogens is 446 g/mol. The van der Waals surface area contributed by atoms with Gasteiger partial charge in [0.05, 0.1) is 6.33 Å². The number of hydrogen-bond acceptors (Lipinski definition) is 4. The molecule has 1 amide bonds. The summed E-state index contributed by atoms with van der Waals surface area (Å²) in [4.78, 5) is 22.8. The van der Waals surface area contributed by atoms with E-state index in [1.807, 2.05) is 6.07 Å². The summed E-state index contributed by atoms with van der Waals surface area (Å²) in [6.45, 7) is 1.32. The molecule has 0 radical (unpaired) electrons. The highest BCUT2D eigenvalue weighted by Gasteiger charge is 2.34. The van der Waals surface area contributed by atoms with Crippen LogP contribution in [0.15, 0.2) is 40.1 Å². The van der Waals surface area contributed by atoms with Crippen LogP contribution in [-0.2, 0) is 16.4 Å². The molecule has 148 valence electrons. The predicted molar refractivity (Wildman–Crippen MR) is 109 cm³/mol. The van der Waals surface area contributed by atoms with Gasteiger partial charge >= 0.3 is 0 Å². The molecule has 0 atom stereocenters. The van der Waals surface area contributed by atoms with Gasteiger partial charge in [-0.1, -0.05) is 15.9 Å². The molecule has 3 aromatic rings. The average molecular weight is 466 g/mol. The third-order valence-corrected chi connectivity index (χ3v) is 7.32. The van der Waals surface area contributed by atoms with Crippen molar-refractivity contribution in [1.82, 2.24) is 24.6 Å². The lowest BCUT2D eigenvalue weighted by Gasteiger charge is -2.16. The van der Waals surface area contributed by atoms with E-state index in [4.69, 9.17) is 0 Å². The largest absolute Gasteiger partial charge is 0.350 e. The number of aromatic amines is 2. The summed E-state index contributed by atoms with van der Waals surface area (Å²) in [5, 5.41) is 3.32. The zero-order valence-electron chi connectivity index (χ0n) is 15.0. The fourth-order valence-electron chi connectivity index (χ4n) is 3.45. The zero-order chi connectivity index (χ0) is 19.7. The summed E-state index contributed by atoms with van der Waals surface area (Å²) >= 11 is 3.39. The van der Waals surface area contributed by atoms with Crippen LogP contribution in [0.3, 0.4) is 0 Å². The van der Waals surface area contributed by atoms with Gasteiger partial charge in [-0.15, -0.1) is 0 Å². The van der Waals surface area contributed by atoms with Crippen molar-refractivity contribution in [2.45, 2.75) is 24.2 Å². The maximum absolute atomic E-state index is 13.3. The number of nitrogens with one attached hydrogen (secondary N) is 3. The second-order valence-electron chi connectivity index (χ2n) is 6.71. The Morgan fingerprint density at radius 2 is 2.07 bits per heavy atom. The van der Waals surface area contributed by atoms with Crippen molar-refractivity contribution in [1.29, 1.82) is 0 Å². The number of sulfonamides is 1. The molecule has 1 aromatic carbocycles. The number of carbonyl (C=O) groups excluding carboxylic acids is 1. The summed E-state index contributed by atoms with van der Waals surface area (Å²) in [6.07, 6.45) is 5.50. The zero-order valence-corrected chi connectivity index (χ0v) is 17.4. The monoisotopic (exact) mass is 465 g/mol. The van der Waals surface area contributed by atoms with Crippen LogP contribution in [0.5, 0.6) is 0 Å². The van der Waals surface area contributed by atoms with E-state index in [-0.39, 0.29) is 10.6 Å². The Balaban J connectivity index is 1.69. The molecule has 28 heavy (non-hydrogen) atoms. The van der Waals surface area contributed by atoms with Gasteiger partial charge in [-0.05, 0) is 31.0 Å². The van der Waals surface area contributed by atoms with Crippen LogP contribution < -0.4 is 5.32 Å². The van der Waals surface area contributed by atoms with E-state index in [2.05, 4.69) is 36.2 Å². The number of benzene rings is 1. The van der Waals surface area contributed by atoms with Crippen LogP contribution in [0.2, 0.25) is 0 Å². The lowest BCUT2D eigenvalue weighted by molar-refractivity contribution is 0.0946. The Kier molecular flexibility index (Phi) is 5.26. The Morgan fingerprint density at radius 3 is 2.79 bits per heavy atom. The third-order valence-electron chi connectivity index (χ3n) is 4.84. The number of rotatable bonds is 6. The maximum Gasteiger partial charge on any atom is 0.269 e. The molecule has 0 spiro atoms. The molecular formula is C18H20BrN5O3S. The molecule has 0 bridgehead atoms. The van der Waals surface area contributed by atoms with Crippen LogP contribution in [-0.4, -0.2) is 53.2 Å². The topological polar surface area (TPSA) is 111 Å². The fourth-order valence-corrected chi connectivity index (χ4v) is 5.65. The van der Waals surface area contributed by atoms with Gasteiger partial charge in [-0.3, -0.25) is 4.79 Å². The van der Waals surface area contributed by atoms with Crippen LogP contribution in [0.25, 0.3) is 10.9 Å². The number of halogens is 1. The van der Waals surface area contributed by atoms with Gasteiger partial charge in [0.2, 0.25) is 10.0 Å². The van der Waals surface area contributed by atoms with Crippen molar-refractivity contribution in [3.8, 4) is 0 Å². The Bertz CT molecular complexity index is 1100. The van der Waals surface area contributed by atoms with Crippen molar-refractivity contribution in [3.63, 3.8) is 0 Å². The minimum Gasteiger partial charge on any atom is -0.350 e. The minimum atomic E-state index is -3.78. The summed E-state index contributed by atoms with van der Waals surface area (Å²) < 4.78 is 28.8. The molecule has 8 nitrogen and oxygen atoms in total. The van der Waals surface area contributed by atoms with Crippen molar-refractivity contribution in [2.75, 3.05) is 19.6 Å². The number of fused-ring (bicyclic) bond motifs is 1. The van der Waals surface area contributed by atoms with E-state index < -0.39 is 15.9 Å². The van der Waals surface area contributed by atoms with Crippen molar-refractivity contribution in [3.05, 3.63) is 46.6 Å². The predicted octanol–water partition coefficient (Wildman–Crippen LogP) is 2.41. The molecule has 1 fully saturated rings. The summed E-state index contributed by atoms with van der Waals surface area (Å²) in [6, 6.07) is 5.31. The molecule has 2 aromatic heterocycles. The molecule has 1 aliphatic heterocycles. The van der Waals surface area contributed by atoms with E-state index >= 15 is 0 Å². The number of amides is 1. The van der Waals surface area contributed by atoms with Gasteiger partial charge in [0.1, 0.15) is 10.6 Å². The smallest absolute Gasteiger partial charge is 0.269 e. The summed E-state index contributed by atoms with van der Waals surface area (Å²) in [5.41, 5.74) is 1.58. The molecule has 0 saturated carbocycles. The molecule has 0 unspecified atom stereocenters. The second kappa shape index (κ2) is 7.69. The van der Waals surface area contributed by atoms with Crippen LogP contribution >= 0.6 is 15.9 Å². The standard InChI is InChI=1S/C18H20BrN5O3S/c19-12-3-4-15-14(9-12)17(28(26,27)24-7-1-2-8-24)16(23-15)18(25)21-6-5-13-10-20-11-22-13/h3-4,9-11,23H,1-2,5-8H2,(H,20,22)(H,21,25). The molecule has 3 heterocycles. The molecule has 1 saturated heterocycles. The highest BCUT2D eigenvalue weighted by molar-refractivity contribution is 9.10. The highest BCUT2D eigenvalue weighted by Crippen LogP contribution is 2.33. The summed E-state index contributed by atoms with van der Waals surface area (Å²) in [5.74, 6) is -0.440. The van der Waals surface area contributed by atoms with Crippen molar-refractivity contribution in [2.24, 2.45) is 0 Å². The molecule has 4 rings (SSSR count). The quantitative estimate of drug-likeness (QED) is 0.518. The van der Waals surface area contributed by atoms with E-state index in [0.29, 0.717) is 37.0 Å². The second-order valence-corrected chi connectivity index (χ2v) is 9.50. The van der Waals surface area contributed by atoms with Crippen LogP contribution in [0, 0.1) is 0 Å². The van der Waals surface area contributed by atoms with E-state index in [0.717, 1.165) is 23.0 Å². The van der Waals surface area contributed by atoms with Crippen molar-refractivity contribution < 1.29 is 13.2 Å². The lowest BCUT2D eigenvalue weighted by Crippen LogP contribution is -2.32. The normalized spacial score (nSPS) is 15.3. The van der Waals surface area contributed by atoms with Gasteiger partial charge in [0, 0.05) is 53.3 Å². The minimum absolute atomic E-state index is 0.0461. The highest BCUT2D eigenvalue weighted by atomic mass is 79.9. The third kappa shape index (κ3) is 3.59. The molecule has 10 heteroatoms. The van der Waals surface area contributed by atoms with Crippen LogP contribution in [0.4, 0.5) is 0 Å². The summed E-state index contributed by atoms with van der Waals surface area (Å²) in [7, 11) is -3.78. The number of hydrogen-bond donors (Lipinski definition) is 3. The van der Waals surface area contributed by atoms with Gasteiger partial charge in [0.25, 0.3) is 5.91 Å². The molecule has 1 aliphatic rings. The SMILES string of the molecule is O=C(NCCc1cnc[nH]1)c1[nH]c2ccc(Br)cc2c1S(=O)(=O)N1CCCC1. The van der Waals surface area contributed by atoms with Crippen molar-refractivity contribution >= 4 is 42.8 Å². The first-order valence-electron chi connectivity index (χ1n) is 9.03. The van der Waals surface area contributed by atoms with Crippen LogP contribution in [0.1, 0.15) is 29.0 Å². The van der Waals surface area contributed by atoms with Gasteiger partial charge < -0.3 is 15.3 Å².